The van der Waals surface area contributed by atoms with E-state index in [1.807, 2.05) is 29.7 Å². The summed E-state index contributed by atoms with van der Waals surface area (Å²) in [5, 5.41) is 0.930. The lowest BCUT2D eigenvalue weighted by Crippen LogP contribution is -2.11. The summed E-state index contributed by atoms with van der Waals surface area (Å²) >= 11 is 0. The molecule has 0 spiro atoms. The Morgan fingerprint density at radius 3 is 2.43 bits per heavy atom. The van der Waals surface area contributed by atoms with E-state index >= 15 is 0 Å². The summed E-state index contributed by atoms with van der Waals surface area (Å²) in [5.74, 6) is 0.308. The molecule has 0 saturated carbocycles. The van der Waals surface area contributed by atoms with Crippen molar-refractivity contribution in [2.45, 2.75) is 33.7 Å². The van der Waals surface area contributed by atoms with Crippen LogP contribution >= 0.6 is 0 Å². The number of aryl methyl sites for hydroxylation is 1. The predicted octanol–water partition coefficient (Wildman–Crippen LogP) is 4.21. The Bertz CT molecular complexity index is 1000. The van der Waals surface area contributed by atoms with Crippen molar-refractivity contribution in [3.05, 3.63) is 53.3 Å². The van der Waals surface area contributed by atoms with Gasteiger partial charge in [-0.05, 0) is 45.0 Å². The first-order valence-electron chi connectivity index (χ1n) is 9.26. The summed E-state index contributed by atoms with van der Waals surface area (Å²) in [6.07, 6.45) is 5.62. The second-order valence-electron chi connectivity index (χ2n) is 6.04. The standard InChI is InChI=1S/C11H13NO3.C10H10O3/c1-3-12-9(11(13)14-4-2)7-8-5-6-15-10(8)12;1-2-12-10(11)8-5-7-3-4-13-9(7)6-8/h5-7H,3-4H2,1-2H3;3-5H,2,6H2,1H3. The molecule has 0 unspecified atom stereocenters. The number of carbonyl (C=O) groups excluding carboxylic acids is 2. The zero-order valence-corrected chi connectivity index (χ0v) is 16.2. The van der Waals surface area contributed by atoms with Crippen LogP contribution in [0.5, 0.6) is 0 Å². The maximum absolute atomic E-state index is 11.6. The molecule has 3 heterocycles. The summed E-state index contributed by atoms with van der Waals surface area (Å²) < 4.78 is 22.1. The molecule has 0 bridgehead atoms. The van der Waals surface area contributed by atoms with Crippen LogP contribution in [0.4, 0.5) is 0 Å². The van der Waals surface area contributed by atoms with Gasteiger partial charge in [0, 0.05) is 29.5 Å². The highest BCUT2D eigenvalue weighted by Gasteiger charge is 2.21. The van der Waals surface area contributed by atoms with Crippen LogP contribution in [0.15, 0.2) is 45.1 Å². The van der Waals surface area contributed by atoms with Gasteiger partial charge in [0.15, 0.2) is 0 Å². The molecular weight excluding hydrogens is 362 g/mol. The van der Waals surface area contributed by atoms with E-state index in [0.717, 1.165) is 22.4 Å². The van der Waals surface area contributed by atoms with Crippen molar-refractivity contribution in [3.8, 4) is 0 Å². The number of carbonyl (C=O) groups is 2. The van der Waals surface area contributed by atoms with Crippen LogP contribution < -0.4 is 0 Å². The molecule has 28 heavy (non-hydrogen) atoms. The van der Waals surface area contributed by atoms with Gasteiger partial charge in [0.05, 0.1) is 25.7 Å². The van der Waals surface area contributed by atoms with Gasteiger partial charge in [0.1, 0.15) is 11.5 Å². The zero-order chi connectivity index (χ0) is 20.1. The van der Waals surface area contributed by atoms with Crippen molar-refractivity contribution in [3.63, 3.8) is 0 Å². The summed E-state index contributed by atoms with van der Waals surface area (Å²) in [6.45, 7) is 7.04. The van der Waals surface area contributed by atoms with Crippen LogP contribution in [0.25, 0.3) is 17.2 Å². The minimum atomic E-state index is -0.300. The number of furan rings is 2. The number of rotatable bonds is 5. The summed E-state index contributed by atoms with van der Waals surface area (Å²) in [7, 11) is 0. The van der Waals surface area contributed by atoms with Gasteiger partial charge in [-0.3, -0.25) is 0 Å². The maximum atomic E-state index is 11.6. The van der Waals surface area contributed by atoms with Crippen LogP contribution in [0.2, 0.25) is 0 Å². The molecule has 4 rings (SSSR count). The third-order valence-electron chi connectivity index (χ3n) is 4.30. The fourth-order valence-corrected chi connectivity index (χ4v) is 3.05. The molecule has 0 fully saturated rings. The summed E-state index contributed by atoms with van der Waals surface area (Å²) in [4.78, 5) is 22.9. The number of esters is 2. The number of hydrogen-bond acceptors (Lipinski definition) is 6. The second kappa shape index (κ2) is 8.65. The lowest BCUT2D eigenvalue weighted by molar-refractivity contribution is -0.138. The van der Waals surface area contributed by atoms with E-state index in [2.05, 4.69) is 0 Å². The molecule has 1 aliphatic rings. The third-order valence-corrected chi connectivity index (χ3v) is 4.30. The average Bonchev–Trinajstić information content (AvgIpc) is 3.42. The fourth-order valence-electron chi connectivity index (χ4n) is 3.05. The first-order valence-corrected chi connectivity index (χ1v) is 9.26. The molecule has 0 aliphatic heterocycles. The molecule has 0 radical (unpaired) electrons. The smallest absolute Gasteiger partial charge is 0.355 e. The van der Waals surface area contributed by atoms with Crippen molar-refractivity contribution >= 4 is 29.1 Å². The molecule has 7 nitrogen and oxygen atoms in total. The monoisotopic (exact) mass is 385 g/mol. The molecule has 3 aromatic heterocycles. The van der Waals surface area contributed by atoms with Gasteiger partial charge in [0.2, 0.25) is 5.71 Å². The molecule has 0 atom stereocenters. The summed E-state index contributed by atoms with van der Waals surface area (Å²) in [6, 6.07) is 5.48. The van der Waals surface area contributed by atoms with E-state index in [9.17, 15) is 9.59 Å². The van der Waals surface area contributed by atoms with Crippen LogP contribution in [-0.2, 0) is 27.2 Å². The number of fused-ring (bicyclic) bond motifs is 2. The SMILES string of the molecule is CCOC(=O)C1=Cc2ccoc2C1.CCOC(=O)c1cc2ccoc2n1CC. The van der Waals surface area contributed by atoms with Crippen molar-refractivity contribution in [2.24, 2.45) is 0 Å². The van der Waals surface area contributed by atoms with Gasteiger partial charge in [-0.1, -0.05) is 0 Å². The van der Waals surface area contributed by atoms with Gasteiger partial charge in [-0.25, -0.2) is 9.59 Å². The first-order chi connectivity index (χ1) is 13.6. The zero-order valence-electron chi connectivity index (χ0n) is 16.2. The Labute approximate surface area is 162 Å². The Kier molecular flexibility index (Phi) is 6.03. The Morgan fingerprint density at radius 1 is 1.04 bits per heavy atom. The number of hydrogen-bond donors (Lipinski definition) is 0. The quantitative estimate of drug-likeness (QED) is 0.612. The Balaban J connectivity index is 0.000000162. The van der Waals surface area contributed by atoms with Gasteiger partial charge in [-0.2, -0.15) is 0 Å². The molecule has 0 amide bonds. The van der Waals surface area contributed by atoms with E-state index in [4.69, 9.17) is 18.3 Å². The molecular formula is C21H23NO6. The highest BCUT2D eigenvalue weighted by Crippen LogP contribution is 2.26. The lowest BCUT2D eigenvalue weighted by Gasteiger charge is -2.05. The molecule has 7 heteroatoms. The highest BCUT2D eigenvalue weighted by molar-refractivity contribution is 5.96. The van der Waals surface area contributed by atoms with Gasteiger partial charge in [-0.15, -0.1) is 0 Å². The van der Waals surface area contributed by atoms with Crippen molar-refractivity contribution < 1.29 is 27.9 Å². The van der Waals surface area contributed by atoms with E-state index in [-0.39, 0.29) is 11.9 Å². The van der Waals surface area contributed by atoms with Crippen LogP contribution in [0, 0.1) is 0 Å². The minimum absolute atomic E-state index is 0.242. The van der Waals surface area contributed by atoms with Crippen molar-refractivity contribution in [1.29, 1.82) is 0 Å². The van der Waals surface area contributed by atoms with E-state index < -0.39 is 0 Å². The molecule has 3 aromatic rings. The van der Waals surface area contributed by atoms with Crippen molar-refractivity contribution in [2.75, 3.05) is 13.2 Å². The molecule has 0 N–H and O–H groups in total. The second-order valence-corrected chi connectivity index (χ2v) is 6.04. The molecule has 0 aromatic carbocycles. The fraction of sp³-hybridized carbons (Fsp3) is 0.333. The number of aromatic nitrogens is 1. The molecule has 0 saturated heterocycles. The average molecular weight is 385 g/mol. The number of nitrogens with zero attached hydrogens (tertiary/aromatic N) is 1. The molecule has 148 valence electrons. The minimum Gasteiger partial charge on any atom is -0.468 e. The Morgan fingerprint density at radius 2 is 1.75 bits per heavy atom. The van der Waals surface area contributed by atoms with Crippen LogP contribution in [0.3, 0.4) is 0 Å². The highest BCUT2D eigenvalue weighted by atomic mass is 16.5. The van der Waals surface area contributed by atoms with Gasteiger partial charge < -0.3 is 22.9 Å². The Hall–Kier alpha value is -3.22. The van der Waals surface area contributed by atoms with Crippen LogP contribution in [-0.4, -0.2) is 29.7 Å². The predicted molar refractivity (Wildman–Crippen MR) is 103 cm³/mol. The topological polar surface area (TPSA) is 83.8 Å². The summed E-state index contributed by atoms with van der Waals surface area (Å²) in [5.41, 5.74) is 2.94. The van der Waals surface area contributed by atoms with Gasteiger partial charge in [0.25, 0.3) is 0 Å². The van der Waals surface area contributed by atoms with Crippen LogP contribution in [0.1, 0.15) is 42.6 Å². The largest absolute Gasteiger partial charge is 0.468 e. The van der Waals surface area contributed by atoms with E-state index in [1.54, 1.807) is 32.4 Å². The first kappa shape index (κ1) is 19.5. The lowest BCUT2D eigenvalue weighted by atomic mass is 10.2. The van der Waals surface area contributed by atoms with Gasteiger partial charge >= 0.3 is 11.9 Å². The maximum Gasteiger partial charge on any atom is 0.355 e. The third kappa shape index (κ3) is 3.88. The number of ether oxygens (including phenoxy) is 2. The van der Waals surface area contributed by atoms with Crippen molar-refractivity contribution in [1.82, 2.24) is 4.57 Å². The molecule has 1 aliphatic carbocycles. The van der Waals surface area contributed by atoms with E-state index in [0.29, 0.717) is 37.4 Å². The van der Waals surface area contributed by atoms with E-state index in [1.165, 1.54) is 0 Å². The normalized spacial score (nSPS) is 12.2.